The van der Waals surface area contributed by atoms with Gasteiger partial charge in [-0.1, -0.05) is 15.9 Å². The van der Waals surface area contributed by atoms with Crippen molar-refractivity contribution < 1.29 is 4.79 Å². The van der Waals surface area contributed by atoms with Crippen molar-refractivity contribution in [3.05, 3.63) is 31.8 Å². The van der Waals surface area contributed by atoms with Crippen LogP contribution in [0.25, 0.3) is 0 Å². The average molecular weight is 437 g/mol. The summed E-state index contributed by atoms with van der Waals surface area (Å²) in [6, 6.07) is 5.96. The van der Waals surface area contributed by atoms with Crippen LogP contribution in [0.3, 0.4) is 0 Å². The van der Waals surface area contributed by atoms with E-state index in [1.54, 1.807) is 0 Å². The molecule has 1 aliphatic heterocycles. The van der Waals surface area contributed by atoms with Crippen molar-refractivity contribution in [1.82, 2.24) is 10.2 Å². The number of hydrogen-bond acceptors (Lipinski definition) is 2. The van der Waals surface area contributed by atoms with Gasteiger partial charge in [0.25, 0.3) is 5.91 Å². The van der Waals surface area contributed by atoms with Crippen LogP contribution in [0.5, 0.6) is 0 Å². The van der Waals surface area contributed by atoms with Gasteiger partial charge in [0.05, 0.1) is 5.56 Å². The van der Waals surface area contributed by atoms with E-state index in [1.807, 2.05) is 18.2 Å². The lowest BCUT2D eigenvalue weighted by molar-refractivity contribution is 0.0931. The molecule has 1 unspecified atom stereocenters. The van der Waals surface area contributed by atoms with Crippen molar-refractivity contribution in [3.8, 4) is 0 Å². The monoisotopic (exact) mass is 436 g/mol. The van der Waals surface area contributed by atoms with Crippen molar-refractivity contribution in [2.45, 2.75) is 25.8 Å². The van der Waals surface area contributed by atoms with E-state index in [2.05, 4.69) is 55.7 Å². The van der Waals surface area contributed by atoms with Crippen LogP contribution < -0.4 is 5.32 Å². The van der Waals surface area contributed by atoms with Gasteiger partial charge in [-0.15, -0.1) is 0 Å². The maximum Gasteiger partial charge on any atom is 0.252 e. The highest BCUT2D eigenvalue weighted by Crippen LogP contribution is 2.18. The van der Waals surface area contributed by atoms with Gasteiger partial charge in [-0.2, -0.15) is 0 Å². The molecule has 3 nitrogen and oxygen atoms in total. The lowest BCUT2D eigenvalue weighted by Gasteiger charge is -2.21. The molecule has 1 aliphatic rings. The Hall–Kier alpha value is -0.140. The fraction of sp³-hybridized carbons (Fsp3) is 0.500. The molecule has 1 atom stereocenters. The molecule has 1 N–H and O–H groups in total. The summed E-state index contributed by atoms with van der Waals surface area (Å²) >= 11 is 5.61. The molecule has 0 aromatic heterocycles. The highest BCUT2D eigenvalue weighted by Gasteiger charge is 2.17. The van der Waals surface area contributed by atoms with Crippen molar-refractivity contribution in [2.24, 2.45) is 0 Å². The molecule has 0 saturated carbocycles. The van der Waals surface area contributed by atoms with Gasteiger partial charge in [0.15, 0.2) is 0 Å². The lowest BCUT2D eigenvalue weighted by Crippen LogP contribution is -2.41. The fourth-order valence-corrected chi connectivity index (χ4v) is 3.31. The molecule has 1 fully saturated rings. The SMILES string of the molecule is CC(CN1CCCC1)NC(=O)c1cc(Br)ccc1I. The average Bonchev–Trinajstić information content (AvgIpc) is 2.84. The first-order valence-electron chi connectivity index (χ1n) is 6.54. The number of likely N-dealkylation sites (tertiary alicyclic amines) is 1. The normalized spacial score (nSPS) is 17.4. The Labute approximate surface area is 136 Å². The summed E-state index contributed by atoms with van der Waals surface area (Å²) in [5.41, 5.74) is 0.739. The topological polar surface area (TPSA) is 32.3 Å². The molecule has 2 rings (SSSR count). The summed E-state index contributed by atoms with van der Waals surface area (Å²) in [5.74, 6) is 0.0115. The summed E-state index contributed by atoms with van der Waals surface area (Å²) in [7, 11) is 0. The Morgan fingerprint density at radius 2 is 2.16 bits per heavy atom. The number of nitrogens with zero attached hydrogens (tertiary/aromatic N) is 1. The predicted octanol–water partition coefficient (Wildman–Crippen LogP) is 3.27. The Morgan fingerprint density at radius 1 is 1.47 bits per heavy atom. The number of halogens is 2. The summed E-state index contributed by atoms with van der Waals surface area (Å²) in [6.45, 7) is 5.33. The maximum absolute atomic E-state index is 12.2. The molecule has 5 heteroatoms. The summed E-state index contributed by atoms with van der Waals surface area (Å²) < 4.78 is 1.91. The van der Waals surface area contributed by atoms with E-state index in [1.165, 1.54) is 12.8 Å². The summed E-state index contributed by atoms with van der Waals surface area (Å²) in [4.78, 5) is 14.7. The third-order valence-electron chi connectivity index (χ3n) is 3.28. The molecule has 1 aromatic rings. The maximum atomic E-state index is 12.2. The Kier molecular flexibility index (Phi) is 5.65. The van der Waals surface area contributed by atoms with E-state index in [4.69, 9.17) is 0 Å². The molecule has 19 heavy (non-hydrogen) atoms. The summed E-state index contributed by atoms with van der Waals surface area (Å²) in [5, 5.41) is 3.08. The third-order valence-corrected chi connectivity index (χ3v) is 4.72. The minimum atomic E-state index is 0.0115. The van der Waals surface area contributed by atoms with Gasteiger partial charge in [0, 0.05) is 20.6 Å². The van der Waals surface area contributed by atoms with E-state index < -0.39 is 0 Å². The van der Waals surface area contributed by atoms with Crippen LogP contribution in [-0.4, -0.2) is 36.5 Å². The Morgan fingerprint density at radius 3 is 2.84 bits per heavy atom. The van der Waals surface area contributed by atoms with Crippen LogP contribution in [0.15, 0.2) is 22.7 Å². The smallest absolute Gasteiger partial charge is 0.252 e. The number of carbonyl (C=O) groups excluding carboxylic acids is 1. The molecule has 1 amide bonds. The van der Waals surface area contributed by atoms with Crippen LogP contribution in [-0.2, 0) is 0 Å². The van der Waals surface area contributed by atoms with Gasteiger partial charge in [-0.3, -0.25) is 4.79 Å². The Balaban J connectivity index is 1.94. The van der Waals surface area contributed by atoms with Gasteiger partial charge >= 0.3 is 0 Å². The van der Waals surface area contributed by atoms with Gasteiger partial charge in [-0.25, -0.2) is 0 Å². The van der Waals surface area contributed by atoms with Crippen molar-refractivity contribution in [3.63, 3.8) is 0 Å². The highest BCUT2D eigenvalue weighted by molar-refractivity contribution is 14.1. The Bertz CT molecular complexity index is 461. The molecular formula is C14H18BrIN2O. The molecule has 0 spiro atoms. The molecule has 104 valence electrons. The first-order valence-corrected chi connectivity index (χ1v) is 8.41. The van der Waals surface area contributed by atoms with Gasteiger partial charge in [-0.05, 0) is 73.6 Å². The van der Waals surface area contributed by atoms with Crippen LogP contribution in [0, 0.1) is 3.57 Å². The minimum absolute atomic E-state index is 0.0115. The highest BCUT2D eigenvalue weighted by atomic mass is 127. The zero-order valence-electron chi connectivity index (χ0n) is 11.0. The number of hydrogen-bond donors (Lipinski definition) is 1. The standard InChI is InChI=1S/C14H18BrIN2O/c1-10(9-18-6-2-3-7-18)17-14(19)12-8-11(15)4-5-13(12)16/h4-5,8,10H,2-3,6-7,9H2,1H3,(H,17,19). The largest absolute Gasteiger partial charge is 0.348 e. The number of benzene rings is 1. The van der Waals surface area contributed by atoms with Gasteiger partial charge < -0.3 is 10.2 Å². The third kappa shape index (κ3) is 4.43. The van der Waals surface area contributed by atoms with Crippen LogP contribution in [0.2, 0.25) is 0 Å². The molecule has 0 aliphatic carbocycles. The van der Waals surface area contributed by atoms with Gasteiger partial charge in [0.2, 0.25) is 0 Å². The molecule has 0 radical (unpaired) electrons. The molecule has 0 bridgehead atoms. The minimum Gasteiger partial charge on any atom is -0.348 e. The molecule has 1 aromatic carbocycles. The zero-order valence-corrected chi connectivity index (χ0v) is 14.7. The molecule has 1 saturated heterocycles. The number of rotatable bonds is 4. The lowest BCUT2D eigenvalue weighted by atomic mass is 10.2. The van der Waals surface area contributed by atoms with Crippen LogP contribution in [0.4, 0.5) is 0 Å². The van der Waals surface area contributed by atoms with Crippen molar-refractivity contribution in [1.29, 1.82) is 0 Å². The van der Waals surface area contributed by atoms with E-state index in [-0.39, 0.29) is 11.9 Å². The number of amides is 1. The quantitative estimate of drug-likeness (QED) is 0.734. The first-order chi connectivity index (χ1) is 9.06. The van der Waals surface area contributed by atoms with Crippen LogP contribution in [0.1, 0.15) is 30.1 Å². The van der Waals surface area contributed by atoms with E-state index in [9.17, 15) is 4.79 Å². The second-order valence-corrected chi connectivity index (χ2v) is 7.08. The zero-order chi connectivity index (χ0) is 13.8. The van der Waals surface area contributed by atoms with E-state index >= 15 is 0 Å². The predicted molar refractivity (Wildman–Crippen MR) is 89.5 cm³/mol. The van der Waals surface area contributed by atoms with Crippen molar-refractivity contribution >= 4 is 44.4 Å². The number of nitrogens with one attached hydrogen (secondary N) is 1. The second-order valence-electron chi connectivity index (χ2n) is 5.01. The van der Waals surface area contributed by atoms with Crippen LogP contribution >= 0.6 is 38.5 Å². The van der Waals surface area contributed by atoms with E-state index in [0.29, 0.717) is 0 Å². The summed E-state index contributed by atoms with van der Waals surface area (Å²) in [6.07, 6.45) is 2.56. The van der Waals surface area contributed by atoms with Gasteiger partial charge in [0.1, 0.15) is 0 Å². The number of carbonyl (C=O) groups is 1. The molecular weight excluding hydrogens is 419 g/mol. The van der Waals surface area contributed by atoms with E-state index in [0.717, 1.165) is 33.2 Å². The van der Waals surface area contributed by atoms with Crippen molar-refractivity contribution in [2.75, 3.05) is 19.6 Å². The fourth-order valence-electron chi connectivity index (χ4n) is 2.37. The first kappa shape index (κ1) is 15.3. The molecule has 1 heterocycles. The second kappa shape index (κ2) is 7.04.